The van der Waals surface area contributed by atoms with Gasteiger partial charge in [0.2, 0.25) is 10.0 Å². The van der Waals surface area contributed by atoms with Crippen LogP contribution in [0.2, 0.25) is 0 Å². The standard InChI is InChI=1S/C13H19FN2O2S/c1-10-8-12(2-3-13(10)14)19(17,18)16-6-4-11(9-15)5-7-16/h2-3,8,11H,4-7,9,15H2,1H3. The number of hydrogen-bond acceptors (Lipinski definition) is 3. The van der Waals surface area contributed by atoms with Crippen LogP contribution >= 0.6 is 0 Å². The molecule has 0 amide bonds. The number of nitrogens with two attached hydrogens (primary N) is 1. The van der Waals surface area contributed by atoms with Crippen molar-refractivity contribution in [3.05, 3.63) is 29.6 Å². The highest BCUT2D eigenvalue weighted by Gasteiger charge is 2.29. The van der Waals surface area contributed by atoms with Crippen LogP contribution in [0, 0.1) is 18.7 Å². The smallest absolute Gasteiger partial charge is 0.243 e. The van der Waals surface area contributed by atoms with Crippen molar-refractivity contribution < 1.29 is 12.8 Å². The highest BCUT2D eigenvalue weighted by Crippen LogP contribution is 2.24. The molecule has 1 heterocycles. The van der Waals surface area contributed by atoms with Gasteiger partial charge in [-0.25, -0.2) is 12.8 Å². The third kappa shape index (κ3) is 2.96. The van der Waals surface area contributed by atoms with E-state index in [0.29, 0.717) is 31.1 Å². The van der Waals surface area contributed by atoms with Crippen LogP contribution in [-0.2, 0) is 10.0 Å². The van der Waals surface area contributed by atoms with Gasteiger partial charge in [-0.15, -0.1) is 0 Å². The van der Waals surface area contributed by atoms with E-state index >= 15 is 0 Å². The molecule has 0 bridgehead atoms. The fraction of sp³-hybridized carbons (Fsp3) is 0.538. The summed E-state index contributed by atoms with van der Waals surface area (Å²) < 4.78 is 39.5. The largest absolute Gasteiger partial charge is 0.330 e. The Bertz CT molecular complexity index is 552. The molecule has 0 saturated carbocycles. The van der Waals surface area contributed by atoms with Crippen LogP contribution in [0.3, 0.4) is 0 Å². The topological polar surface area (TPSA) is 63.4 Å². The Hall–Kier alpha value is -0.980. The predicted octanol–water partition coefficient (Wildman–Crippen LogP) is 1.49. The van der Waals surface area contributed by atoms with E-state index in [-0.39, 0.29) is 10.7 Å². The van der Waals surface area contributed by atoms with E-state index in [1.165, 1.54) is 22.5 Å². The first-order chi connectivity index (χ1) is 8.95. The Morgan fingerprint density at radius 3 is 2.53 bits per heavy atom. The molecule has 6 heteroatoms. The molecule has 1 fully saturated rings. The van der Waals surface area contributed by atoms with Gasteiger partial charge in [0.05, 0.1) is 4.90 Å². The Kier molecular flexibility index (Phi) is 4.23. The number of aryl methyl sites for hydroxylation is 1. The van der Waals surface area contributed by atoms with E-state index in [1.807, 2.05) is 0 Å². The lowest BCUT2D eigenvalue weighted by molar-refractivity contribution is 0.278. The molecule has 0 radical (unpaired) electrons. The molecule has 0 unspecified atom stereocenters. The molecule has 1 aromatic rings. The van der Waals surface area contributed by atoms with Crippen molar-refractivity contribution in [2.45, 2.75) is 24.7 Å². The lowest BCUT2D eigenvalue weighted by Gasteiger charge is -2.30. The summed E-state index contributed by atoms with van der Waals surface area (Å²) in [5.41, 5.74) is 5.94. The number of benzene rings is 1. The molecule has 106 valence electrons. The second kappa shape index (κ2) is 5.56. The van der Waals surface area contributed by atoms with Crippen LogP contribution in [-0.4, -0.2) is 32.4 Å². The lowest BCUT2D eigenvalue weighted by atomic mass is 9.99. The van der Waals surface area contributed by atoms with Gasteiger partial charge in [0.25, 0.3) is 0 Å². The van der Waals surface area contributed by atoms with E-state index in [9.17, 15) is 12.8 Å². The van der Waals surface area contributed by atoms with E-state index in [1.54, 1.807) is 6.92 Å². The fourth-order valence-electron chi connectivity index (χ4n) is 2.31. The van der Waals surface area contributed by atoms with E-state index < -0.39 is 10.0 Å². The molecule has 4 nitrogen and oxygen atoms in total. The minimum atomic E-state index is -3.51. The zero-order valence-corrected chi connectivity index (χ0v) is 11.8. The molecule has 1 aliphatic heterocycles. The van der Waals surface area contributed by atoms with E-state index in [0.717, 1.165) is 12.8 Å². The maximum absolute atomic E-state index is 13.2. The molecule has 2 N–H and O–H groups in total. The summed E-state index contributed by atoms with van der Waals surface area (Å²) in [5, 5.41) is 0. The van der Waals surface area contributed by atoms with Crippen LogP contribution in [0.15, 0.2) is 23.1 Å². The van der Waals surface area contributed by atoms with Gasteiger partial charge in [0.15, 0.2) is 0 Å². The van der Waals surface area contributed by atoms with Crippen LogP contribution in [0.5, 0.6) is 0 Å². The quantitative estimate of drug-likeness (QED) is 0.915. The number of halogens is 1. The molecule has 1 aliphatic rings. The predicted molar refractivity (Wildman–Crippen MR) is 71.7 cm³/mol. The summed E-state index contributed by atoms with van der Waals surface area (Å²) in [6.07, 6.45) is 1.58. The van der Waals surface area contributed by atoms with Crippen molar-refractivity contribution in [1.82, 2.24) is 4.31 Å². The maximum atomic E-state index is 13.2. The summed E-state index contributed by atoms with van der Waals surface area (Å²) in [6, 6.07) is 3.92. The van der Waals surface area contributed by atoms with E-state index in [4.69, 9.17) is 5.73 Å². The third-order valence-electron chi connectivity index (χ3n) is 3.67. The van der Waals surface area contributed by atoms with Crippen LogP contribution in [0.25, 0.3) is 0 Å². The van der Waals surface area contributed by atoms with Crippen molar-refractivity contribution in [1.29, 1.82) is 0 Å². The van der Waals surface area contributed by atoms with Gasteiger partial charge in [-0.3, -0.25) is 0 Å². The highest BCUT2D eigenvalue weighted by molar-refractivity contribution is 7.89. The summed E-state index contributed by atoms with van der Waals surface area (Å²) in [6.45, 7) is 3.14. The molecule has 0 aromatic heterocycles. The van der Waals surface area contributed by atoms with Crippen molar-refractivity contribution in [2.75, 3.05) is 19.6 Å². The Balaban J connectivity index is 2.21. The maximum Gasteiger partial charge on any atom is 0.243 e. The van der Waals surface area contributed by atoms with E-state index in [2.05, 4.69) is 0 Å². The molecule has 0 atom stereocenters. The zero-order valence-electron chi connectivity index (χ0n) is 11.0. The summed E-state index contributed by atoms with van der Waals surface area (Å²) >= 11 is 0. The van der Waals surface area contributed by atoms with Crippen LogP contribution in [0.1, 0.15) is 18.4 Å². The molecular weight excluding hydrogens is 267 g/mol. The Morgan fingerprint density at radius 2 is 2.00 bits per heavy atom. The van der Waals surface area contributed by atoms with Crippen molar-refractivity contribution in [2.24, 2.45) is 11.7 Å². The van der Waals surface area contributed by atoms with Gasteiger partial charge < -0.3 is 5.73 Å². The Morgan fingerprint density at radius 1 is 1.37 bits per heavy atom. The fourth-order valence-corrected chi connectivity index (χ4v) is 3.87. The monoisotopic (exact) mass is 286 g/mol. The summed E-state index contributed by atoms with van der Waals surface area (Å²) in [7, 11) is -3.51. The average Bonchev–Trinajstić information content (AvgIpc) is 2.41. The molecular formula is C13H19FN2O2S. The second-order valence-electron chi connectivity index (χ2n) is 4.99. The molecule has 1 aromatic carbocycles. The van der Waals surface area contributed by atoms with Crippen LogP contribution in [0.4, 0.5) is 4.39 Å². The second-order valence-corrected chi connectivity index (χ2v) is 6.93. The number of piperidine rings is 1. The minimum absolute atomic E-state index is 0.164. The number of hydrogen-bond donors (Lipinski definition) is 1. The minimum Gasteiger partial charge on any atom is -0.330 e. The number of sulfonamides is 1. The van der Waals surface area contributed by atoms with Crippen molar-refractivity contribution >= 4 is 10.0 Å². The van der Waals surface area contributed by atoms with Gasteiger partial charge in [-0.2, -0.15) is 4.31 Å². The van der Waals surface area contributed by atoms with Gasteiger partial charge in [-0.1, -0.05) is 0 Å². The zero-order chi connectivity index (χ0) is 14.0. The average molecular weight is 286 g/mol. The molecule has 0 aliphatic carbocycles. The van der Waals surface area contributed by atoms with Gasteiger partial charge in [-0.05, 0) is 56.0 Å². The first kappa shape index (κ1) is 14.4. The SMILES string of the molecule is Cc1cc(S(=O)(=O)N2CCC(CN)CC2)ccc1F. The summed E-state index contributed by atoms with van der Waals surface area (Å²) in [4.78, 5) is 0.164. The first-order valence-electron chi connectivity index (χ1n) is 6.41. The van der Waals surface area contributed by atoms with Crippen molar-refractivity contribution in [3.63, 3.8) is 0 Å². The normalized spacial score (nSPS) is 18.7. The molecule has 1 saturated heterocycles. The van der Waals surface area contributed by atoms with Crippen LogP contribution < -0.4 is 5.73 Å². The van der Waals surface area contributed by atoms with Gasteiger partial charge in [0, 0.05) is 13.1 Å². The summed E-state index contributed by atoms with van der Waals surface area (Å²) in [5.74, 6) is 0.0159. The Labute approximate surface area is 113 Å². The molecule has 19 heavy (non-hydrogen) atoms. The number of nitrogens with zero attached hydrogens (tertiary/aromatic N) is 1. The van der Waals surface area contributed by atoms with Gasteiger partial charge >= 0.3 is 0 Å². The first-order valence-corrected chi connectivity index (χ1v) is 7.85. The highest BCUT2D eigenvalue weighted by atomic mass is 32.2. The van der Waals surface area contributed by atoms with Gasteiger partial charge in [0.1, 0.15) is 5.82 Å². The van der Waals surface area contributed by atoms with Crippen molar-refractivity contribution in [3.8, 4) is 0 Å². The lowest BCUT2D eigenvalue weighted by Crippen LogP contribution is -2.40. The third-order valence-corrected chi connectivity index (χ3v) is 5.57. The number of rotatable bonds is 3. The molecule has 0 spiro atoms. The molecule has 2 rings (SSSR count).